The van der Waals surface area contributed by atoms with Gasteiger partial charge in [0.25, 0.3) is 0 Å². The van der Waals surface area contributed by atoms with E-state index in [4.69, 9.17) is 19.3 Å². The van der Waals surface area contributed by atoms with Gasteiger partial charge in [-0.2, -0.15) is 0 Å². The Morgan fingerprint density at radius 3 is 2.62 bits per heavy atom. The number of carboxylic acid groups (broad SMARTS) is 1. The number of carboxylic acids is 1. The SMILES string of the molecule is CC=C[C@H](CC(=O)O)c1ccc(OCc2cccc(C3=CCC4(CC3)OCCO4)c2)cc1. The van der Waals surface area contributed by atoms with Crippen LogP contribution in [-0.4, -0.2) is 30.1 Å². The highest BCUT2D eigenvalue weighted by molar-refractivity contribution is 5.68. The molecule has 1 aliphatic heterocycles. The smallest absolute Gasteiger partial charge is 0.304 e. The van der Waals surface area contributed by atoms with Crippen molar-refractivity contribution in [3.63, 3.8) is 0 Å². The van der Waals surface area contributed by atoms with Gasteiger partial charge >= 0.3 is 5.97 Å². The van der Waals surface area contributed by atoms with E-state index in [9.17, 15) is 4.79 Å². The van der Waals surface area contributed by atoms with Crippen LogP contribution in [0.15, 0.2) is 66.8 Å². The molecule has 32 heavy (non-hydrogen) atoms. The van der Waals surface area contributed by atoms with Crippen LogP contribution >= 0.6 is 0 Å². The normalized spacial score (nSPS) is 18.6. The predicted molar refractivity (Wildman–Crippen MR) is 123 cm³/mol. The molecule has 1 heterocycles. The number of carbonyl (C=O) groups is 1. The Morgan fingerprint density at radius 1 is 1.19 bits per heavy atom. The molecular weight excluding hydrogens is 404 g/mol. The fraction of sp³-hybridized carbons (Fsp3) is 0.370. The molecule has 5 heteroatoms. The Kier molecular flexibility index (Phi) is 7.08. The number of ether oxygens (including phenoxy) is 3. The molecular formula is C27H30O5. The first-order valence-corrected chi connectivity index (χ1v) is 11.2. The Balaban J connectivity index is 1.37. The summed E-state index contributed by atoms with van der Waals surface area (Å²) in [6, 6.07) is 16.2. The Morgan fingerprint density at radius 2 is 1.97 bits per heavy atom. The lowest BCUT2D eigenvalue weighted by molar-refractivity contribution is -0.159. The van der Waals surface area contributed by atoms with E-state index >= 15 is 0 Å². The zero-order valence-corrected chi connectivity index (χ0v) is 18.5. The van der Waals surface area contributed by atoms with Gasteiger partial charge in [0.2, 0.25) is 0 Å². The van der Waals surface area contributed by atoms with Crippen molar-refractivity contribution in [2.24, 2.45) is 0 Å². The summed E-state index contributed by atoms with van der Waals surface area (Å²) < 4.78 is 17.6. The number of benzene rings is 2. The molecule has 0 radical (unpaired) electrons. The molecule has 0 bridgehead atoms. The molecule has 5 nitrogen and oxygen atoms in total. The second-order valence-corrected chi connectivity index (χ2v) is 8.33. The summed E-state index contributed by atoms with van der Waals surface area (Å²) >= 11 is 0. The minimum absolute atomic E-state index is 0.0759. The van der Waals surface area contributed by atoms with Crippen molar-refractivity contribution < 1.29 is 24.1 Å². The van der Waals surface area contributed by atoms with Gasteiger partial charge in [0.15, 0.2) is 5.79 Å². The molecule has 0 amide bonds. The third kappa shape index (κ3) is 5.47. The van der Waals surface area contributed by atoms with E-state index in [1.54, 1.807) is 0 Å². The van der Waals surface area contributed by atoms with Gasteiger partial charge in [0, 0.05) is 18.8 Å². The first-order chi connectivity index (χ1) is 15.6. The van der Waals surface area contributed by atoms with Crippen molar-refractivity contribution >= 4 is 11.5 Å². The fourth-order valence-electron chi connectivity index (χ4n) is 4.39. The largest absolute Gasteiger partial charge is 0.489 e. The van der Waals surface area contributed by atoms with Crippen molar-refractivity contribution in [3.05, 3.63) is 83.4 Å². The molecule has 1 saturated heterocycles. The van der Waals surface area contributed by atoms with E-state index in [0.29, 0.717) is 19.8 Å². The standard InChI is InChI=1S/C27H30O5/c1-2-4-23(18-26(28)29)21-7-9-25(10-8-21)30-19-20-5-3-6-24(17-20)22-11-13-27(14-12-22)31-15-16-32-27/h2-11,17,23H,12-16,18-19H2,1H3,(H,28,29)/t23-/m1/s1. The molecule has 168 valence electrons. The van der Waals surface area contributed by atoms with E-state index in [0.717, 1.165) is 36.1 Å². The van der Waals surface area contributed by atoms with Crippen molar-refractivity contribution in [1.82, 2.24) is 0 Å². The molecule has 2 aromatic carbocycles. The number of allylic oxidation sites excluding steroid dienone is 3. The number of hydrogen-bond donors (Lipinski definition) is 1. The first-order valence-electron chi connectivity index (χ1n) is 11.2. The first kappa shape index (κ1) is 22.3. The van der Waals surface area contributed by atoms with Gasteiger partial charge in [-0.3, -0.25) is 4.79 Å². The van der Waals surface area contributed by atoms with Crippen LogP contribution in [0.5, 0.6) is 5.75 Å². The van der Waals surface area contributed by atoms with Gasteiger partial charge in [0.05, 0.1) is 19.6 Å². The summed E-state index contributed by atoms with van der Waals surface area (Å²) in [6.07, 6.45) is 8.75. The molecule has 1 atom stereocenters. The topological polar surface area (TPSA) is 65.0 Å². The van der Waals surface area contributed by atoms with Gasteiger partial charge in [-0.15, -0.1) is 0 Å². The third-order valence-corrected chi connectivity index (χ3v) is 6.08. The summed E-state index contributed by atoms with van der Waals surface area (Å²) in [5.74, 6) is -0.568. The number of hydrogen-bond acceptors (Lipinski definition) is 4. The highest BCUT2D eigenvalue weighted by Crippen LogP contribution is 2.38. The average molecular weight is 435 g/mol. The van der Waals surface area contributed by atoms with E-state index < -0.39 is 11.8 Å². The molecule has 2 aliphatic rings. The van der Waals surface area contributed by atoms with Crippen LogP contribution in [0.25, 0.3) is 5.57 Å². The van der Waals surface area contributed by atoms with Crippen molar-refractivity contribution in [2.45, 2.75) is 50.9 Å². The van der Waals surface area contributed by atoms with Gasteiger partial charge in [-0.1, -0.05) is 48.6 Å². The Bertz CT molecular complexity index is 983. The molecule has 1 N–H and O–H groups in total. The Hall–Kier alpha value is -2.89. The molecule has 0 aromatic heterocycles. The van der Waals surface area contributed by atoms with Gasteiger partial charge in [-0.05, 0) is 53.8 Å². The van der Waals surface area contributed by atoms with Crippen LogP contribution in [0.3, 0.4) is 0 Å². The second-order valence-electron chi connectivity index (χ2n) is 8.33. The summed E-state index contributed by atoms with van der Waals surface area (Å²) in [5.41, 5.74) is 4.63. The van der Waals surface area contributed by atoms with E-state index in [1.165, 1.54) is 11.1 Å². The molecule has 4 rings (SSSR count). The van der Waals surface area contributed by atoms with Crippen molar-refractivity contribution in [3.8, 4) is 5.75 Å². The zero-order valence-electron chi connectivity index (χ0n) is 18.5. The van der Waals surface area contributed by atoms with Crippen LogP contribution in [0.4, 0.5) is 0 Å². The van der Waals surface area contributed by atoms with Crippen LogP contribution in [-0.2, 0) is 20.9 Å². The maximum absolute atomic E-state index is 11.1. The van der Waals surface area contributed by atoms with E-state index in [2.05, 4.69) is 30.3 Å². The van der Waals surface area contributed by atoms with E-state index in [1.807, 2.05) is 43.3 Å². The third-order valence-electron chi connectivity index (χ3n) is 6.08. The van der Waals surface area contributed by atoms with Crippen LogP contribution in [0.1, 0.15) is 55.2 Å². The lowest BCUT2D eigenvalue weighted by atomic mass is 9.89. The molecule has 1 fully saturated rings. The maximum atomic E-state index is 11.1. The lowest BCUT2D eigenvalue weighted by Crippen LogP contribution is -2.31. The van der Waals surface area contributed by atoms with E-state index in [-0.39, 0.29) is 12.3 Å². The number of rotatable bonds is 8. The molecule has 1 spiro atoms. The molecule has 0 unspecified atom stereocenters. The van der Waals surface area contributed by atoms with Crippen molar-refractivity contribution in [2.75, 3.05) is 13.2 Å². The Labute approximate surface area is 189 Å². The fourth-order valence-corrected chi connectivity index (χ4v) is 4.39. The van der Waals surface area contributed by atoms with Crippen molar-refractivity contribution in [1.29, 1.82) is 0 Å². The van der Waals surface area contributed by atoms with Crippen LogP contribution in [0, 0.1) is 0 Å². The average Bonchev–Trinajstić information content (AvgIpc) is 3.26. The number of aliphatic carboxylic acids is 1. The molecule has 1 aliphatic carbocycles. The highest BCUT2D eigenvalue weighted by Gasteiger charge is 2.37. The minimum atomic E-state index is -0.806. The van der Waals surface area contributed by atoms with Gasteiger partial charge in [0.1, 0.15) is 12.4 Å². The summed E-state index contributed by atoms with van der Waals surface area (Å²) in [6.45, 7) is 3.75. The van der Waals surface area contributed by atoms with Crippen LogP contribution in [0.2, 0.25) is 0 Å². The second kappa shape index (κ2) is 10.2. The van der Waals surface area contributed by atoms with Gasteiger partial charge < -0.3 is 19.3 Å². The predicted octanol–water partition coefficient (Wildman–Crippen LogP) is 5.71. The molecule has 0 saturated carbocycles. The monoisotopic (exact) mass is 434 g/mol. The maximum Gasteiger partial charge on any atom is 0.304 e. The van der Waals surface area contributed by atoms with Gasteiger partial charge in [-0.25, -0.2) is 0 Å². The summed E-state index contributed by atoms with van der Waals surface area (Å²) in [5, 5.41) is 9.13. The molecule has 2 aromatic rings. The minimum Gasteiger partial charge on any atom is -0.489 e. The zero-order chi connectivity index (χ0) is 22.4. The highest BCUT2D eigenvalue weighted by atomic mass is 16.7. The van der Waals surface area contributed by atoms with Crippen LogP contribution < -0.4 is 4.74 Å². The lowest BCUT2D eigenvalue weighted by Gasteiger charge is -2.30. The summed E-state index contributed by atoms with van der Waals surface area (Å²) in [7, 11) is 0. The summed E-state index contributed by atoms with van der Waals surface area (Å²) in [4.78, 5) is 11.1. The quantitative estimate of drug-likeness (QED) is 0.539.